The molecule has 0 spiro atoms. The Morgan fingerprint density at radius 1 is 1.04 bits per heavy atom. The number of carbonyl (C=O) groups excluding carboxylic acids is 4. The molecule has 0 N–H and O–H groups in total. The molecule has 0 aromatic heterocycles. The van der Waals surface area contributed by atoms with Gasteiger partial charge in [0.1, 0.15) is 44.1 Å². The fraction of sp³-hybridized carbons (Fsp3) is 0.733. The molecule has 3 rings (SSSR count). The summed E-state index contributed by atoms with van der Waals surface area (Å²) in [7, 11) is 0. The molecule has 3 aliphatic heterocycles. The molecule has 0 aromatic carbocycles. The van der Waals surface area contributed by atoms with E-state index in [1.54, 1.807) is 0 Å². The zero-order valence-corrected chi connectivity index (χ0v) is 14.1. The minimum Gasteiger partial charge on any atom is -0.462 e. The first-order valence-electron chi connectivity index (χ1n) is 7.97. The van der Waals surface area contributed by atoms with Crippen LogP contribution in [0.5, 0.6) is 0 Å². The molecule has 2 atom stereocenters. The number of ether oxygens (including phenoxy) is 4. The molecule has 0 radical (unpaired) electrons. The van der Waals surface area contributed by atoms with Gasteiger partial charge in [0, 0.05) is 0 Å². The SMILES string of the molecule is CC1(C)C(=O)N(CC(=O)OCC2CO2)C(=O)N1CC(=O)OCC1CO1. The van der Waals surface area contributed by atoms with E-state index in [0.29, 0.717) is 13.2 Å². The van der Waals surface area contributed by atoms with Crippen LogP contribution in [0, 0.1) is 0 Å². The Kier molecular flexibility index (Phi) is 4.65. The van der Waals surface area contributed by atoms with Crippen molar-refractivity contribution in [3.63, 3.8) is 0 Å². The van der Waals surface area contributed by atoms with Crippen LogP contribution in [-0.2, 0) is 33.3 Å². The third-order valence-electron chi connectivity index (χ3n) is 4.14. The highest BCUT2D eigenvalue weighted by molar-refractivity contribution is 6.09. The molecule has 3 saturated heterocycles. The molecular weight excluding hydrogens is 336 g/mol. The third kappa shape index (κ3) is 4.07. The van der Waals surface area contributed by atoms with E-state index in [9.17, 15) is 19.2 Å². The van der Waals surface area contributed by atoms with Gasteiger partial charge in [-0.3, -0.25) is 24.2 Å². The Morgan fingerprint density at radius 3 is 2.00 bits per heavy atom. The molecule has 138 valence electrons. The van der Waals surface area contributed by atoms with Gasteiger partial charge in [-0.25, -0.2) is 4.79 Å². The standard InChI is InChI=1S/C15H20N2O8/c1-15(2)13(20)16(3-11(18)24-7-9-5-22-9)14(21)17(15)4-12(19)25-8-10-6-23-10/h9-10H,3-8H2,1-2H3. The van der Waals surface area contributed by atoms with Crippen LogP contribution in [0.2, 0.25) is 0 Å². The smallest absolute Gasteiger partial charge is 0.328 e. The number of urea groups is 1. The molecule has 2 unspecified atom stereocenters. The van der Waals surface area contributed by atoms with E-state index in [0.717, 1.165) is 9.80 Å². The quantitative estimate of drug-likeness (QED) is 0.306. The number of imide groups is 1. The van der Waals surface area contributed by atoms with Crippen LogP contribution in [-0.4, -0.2) is 90.9 Å². The first-order valence-corrected chi connectivity index (χ1v) is 7.97. The minimum atomic E-state index is -1.26. The minimum absolute atomic E-state index is 0.0883. The van der Waals surface area contributed by atoms with Crippen LogP contribution < -0.4 is 0 Å². The van der Waals surface area contributed by atoms with Crippen molar-refractivity contribution in [2.75, 3.05) is 39.5 Å². The van der Waals surface area contributed by atoms with Crippen molar-refractivity contribution in [1.29, 1.82) is 0 Å². The summed E-state index contributed by atoms with van der Waals surface area (Å²) in [5, 5.41) is 0. The maximum Gasteiger partial charge on any atom is 0.328 e. The molecule has 10 nitrogen and oxygen atoms in total. The lowest BCUT2D eigenvalue weighted by molar-refractivity contribution is -0.148. The van der Waals surface area contributed by atoms with E-state index in [1.807, 2.05) is 0 Å². The van der Waals surface area contributed by atoms with Crippen LogP contribution in [0.15, 0.2) is 0 Å². The number of amides is 3. The van der Waals surface area contributed by atoms with Crippen molar-refractivity contribution in [2.45, 2.75) is 31.6 Å². The van der Waals surface area contributed by atoms with E-state index in [2.05, 4.69) is 0 Å². The second kappa shape index (κ2) is 6.60. The van der Waals surface area contributed by atoms with Crippen molar-refractivity contribution < 1.29 is 38.1 Å². The van der Waals surface area contributed by atoms with Gasteiger partial charge in [0.2, 0.25) is 0 Å². The predicted octanol–water partition coefficient (Wildman–Crippen LogP) is -1.09. The number of nitrogens with zero attached hydrogens (tertiary/aromatic N) is 2. The number of esters is 2. The van der Waals surface area contributed by atoms with Crippen LogP contribution in [0.3, 0.4) is 0 Å². The highest BCUT2D eigenvalue weighted by Gasteiger charge is 2.52. The second-order valence-electron chi connectivity index (χ2n) is 6.60. The average molecular weight is 356 g/mol. The normalized spacial score (nSPS) is 26.6. The van der Waals surface area contributed by atoms with Gasteiger partial charge >= 0.3 is 18.0 Å². The molecular formula is C15H20N2O8. The number of rotatable bonds is 8. The lowest BCUT2D eigenvalue weighted by Gasteiger charge is -2.26. The Bertz CT molecular complexity index is 596. The largest absolute Gasteiger partial charge is 0.462 e. The molecule has 25 heavy (non-hydrogen) atoms. The molecule has 10 heteroatoms. The van der Waals surface area contributed by atoms with Gasteiger partial charge in [0.25, 0.3) is 5.91 Å². The zero-order chi connectivity index (χ0) is 18.2. The zero-order valence-electron chi connectivity index (χ0n) is 14.1. The highest BCUT2D eigenvalue weighted by atomic mass is 16.6. The van der Waals surface area contributed by atoms with Gasteiger partial charge in [0.15, 0.2) is 0 Å². The van der Waals surface area contributed by atoms with Crippen LogP contribution in [0.1, 0.15) is 13.8 Å². The number of epoxide rings is 2. The Balaban J connectivity index is 1.56. The summed E-state index contributed by atoms with van der Waals surface area (Å²) >= 11 is 0. The Labute approximate surface area is 143 Å². The first kappa shape index (κ1) is 17.6. The summed E-state index contributed by atoms with van der Waals surface area (Å²) in [4.78, 5) is 50.5. The van der Waals surface area contributed by atoms with Crippen LogP contribution in [0.4, 0.5) is 4.79 Å². The summed E-state index contributed by atoms with van der Waals surface area (Å²) in [6, 6.07) is -0.728. The molecule has 3 fully saturated rings. The van der Waals surface area contributed by atoms with Gasteiger partial charge in [-0.1, -0.05) is 0 Å². The Hall–Kier alpha value is -2.20. The predicted molar refractivity (Wildman–Crippen MR) is 79.3 cm³/mol. The highest BCUT2D eigenvalue weighted by Crippen LogP contribution is 2.27. The van der Waals surface area contributed by atoms with Crippen LogP contribution in [0.25, 0.3) is 0 Å². The maximum atomic E-state index is 12.5. The summed E-state index contributed by atoms with van der Waals surface area (Å²) in [5.41, 5.74) is -1.26. The molecule has 3 amide bonds. The fourth-order valence-corrected chi connectivity index (χ4v) is 2.37. The number of carbonyl (C=O) groups is 4. The molecule has 0 saturated carbocycles. The fourth-order valence-electron chi connectivity index (χ4n) is 2.37. The lowest BCUT2D eigenvalue weighted by Crippen LogP contribution is -2.47. The van der Waals surface area contributed by atoms with E-state index < -0.39 is 36.0 Å². The van der Waals surface area contributed by atoms with Gasteiger partial charge in [-0.15, -0.1) is 0 Å². The van der Waals surface area contributed by atoms with Gasteiger partial charge < -0.3 is 18.9 Å². The molecule has 3 heterocycles. The number of hydrogen-bond acceptors (Lipinski definition) is 8. The van der Waals surface area contributed by atoms with Gasteiger partial charge in [-0.05, 0) is 13.8 Å². The first-order chi connectivity index (χ1) is 11.8. The molecule has 0 bridgehead atoms. The molecule has 0 aromatic rings. The second-order valence-corrected chi connectivity index (χ2v) is 6.60. The van der Waals surface area contributed by atoms with Crippen LogP contribution >= 0.6 is 0 Å². The summed E-state index contributed by atoms with van der Waals surface area (Å²) in [6.45, 7) is 3.42. The van der Waals surface area contributed by atoms with Crippen molar-refractivity contribution in [3.8, 4) is 0 Å². The molecule has 3 aliphatic rings. The molecule has 0 aliphatic carbocycles. The number of hydrogen-bond donors (Lipinski definition) is 0. The summed E-state index contributed by atoms with van der Waals surface area (Å²) in [6.07, 6.45) is -0.193. The van der Waals surface area contributed by atoms with Crippen molar-refractivity contribution in [3.05, 3.63) is 0 Å². The average Bonchev–Trinajstić information content (AvgIpc) is 3.45. The Morgan fingerprint density at radius 2 is 1.52 bits per heavy atom. The topological polar surface area (TPSA) is 118 Å². The summed E-state index contributed by atoms with van der Waals surface area (Å²) < 4.78 is 19.8. The lowest BCUT2D eigenvalue weighted by atomic mass is 10.0. The van der Waals surface area contributed by atoms with E-state index in [-0.39, 0.29) is 32.0 Å². The van der Waals surface area contributed by atoms with Gasteiger partial charge in [-0.2, -0.15) is 0 Å². The summed E-state index contributed by atoms with van der Waals surface area (Å²) in [5.74, 6) is -1.92. The maximum absolute atomic E-state index is 12.5. The third-order valence-corrected chi connectivity index (χ3v) is 4.14. The van der Waals surface area contributed by atoms with Crippen molar-refractivity contribution >= 4 is 23.9 Å². The van der Waals surface area contributed by atoms with E-state index in [4.69, 9.17) is 18.9 Å². The van der Waals surface area contributed by atoms with Crippen molar-refractivity contribution in [1.82, 2.24) is 9.80 Å². The van der Waals surface area contributed by atoms with Gasteiger partial charge in [0.05, 0.1) is 13.2 Å². The van der Waals surface area contributed by atoms with Crippen molar-refractivity contribution in [2.24, 2.45) is 0 Å². The van der Waals surface area contributed by atoms with E-state index in [1.165, 1.54) is 13.8 Å². The van der Waals surface area contributed by atoms with E-state index >= 15 is 0 Å². The monoisotopic (exact) mass is 356 g/mol.